The van der Waals surface area contributed by atoms with Crippen LogP contribution < -0.4 is 15.0 Å². The predicted octanol–water partition coefficient (Wildman–Crippen LogP) is 2.77. The van der Waals surface area contributed by atoms with E-state index in [0.29, 0.717) is 5.56 Å². The van der Waals surface area contributed by atoms with Crippen molar-refractivity contribution < 1.29 is 24.2 Å². The van der Waals surface area contributed by atoms with Crippen molar-refractivity contribution in [2.45, 2.75) is 25.9 Å². The molecule has 0 bridgehead atoms. The minimum absolute atomic E-state index is 0.00347. The first-order valence-corrected chi connectivity index (χ1v) is 8.76. The molecule has 0 aromatic heterocycles. The number of carbonyl (C=O) groups is 3. The van der Waals surface area contributed by atoms with Crippen molar-refractivity contribution >= 4 is 29.6 Å². The summed E-state index contributed by atoms with van der Waals surface area (Å²) < 4.78 is 5.84. The number of nitrogens with one attached hydrogen (secondary N) is 1. The molecule has 7 nitrogen and oxygen atoms in total. The average Bonchev–Trinajstić information content (AvgIpc) is 2.93. The van der Waals surface area contributed by atoms with Gasteiger partial charge in [-0.05, 0) is 67.4 Å². The van der Waals surface area contributed by atoms with Gasteiger partial charge in [0.05, 0.1) is 5.69 Å². The van der Waals surface area contributed by atoms with Gasteiger partial charge in [0.25, 0.3) is 11.8 Å². The first kappa shape index (κ1) is 17.8. The van der Waals surface area contributed by atoms with Crippen LogP contribution in [0, 0.1) is 0 Å². The predicted molar refractivity (Wildman–Crippen MR) is 102 cm³/mol. The van der Waals surface area contributed by atoms with E-state index < -0.39 is 17.8 Å². The summed E-state index contributed by atoms with van der Waals surface area (Å²) in [6.07, 6.45) is 2.18. The normalized spacial score (nSPS) is 19.4. The highest BCUT2D eigenvalue weighted by Crippen LogP contribution is 2.35. The van der Waals surface area contributed by atoms with Crippen molar-refractivity contribution in [2.75, 3.05) is 4.90 Å². The zero-order chi connectivity index (χ0) is 20.1. The third kappa shape index (κ3) is 3.11. The molecular weight excluding hydrogens is 360 g/mol. The fourth-order valence-corrected chi connectivity index (χ4v) is 3.38. The number of rotatable bonds is 2. The first-order valence-electron chi connectivity index (χ1n) is 8.76. The Morgan fingerprint density at radius 3 is 2.54 bits per heavy atom. The SMILES string of the molecule is CC1(C)Cc2cc(/C=C3/C(=O)NC(=O)N(c4ccc(O)cc4)C3=O)ccc2O1. The third-order valence-corrected chi connectivity index (χ3v) is 4.61. The summed E-state index contributed by atoms with van der Waals surface area (Å²) in [5.74, 6) is -0.685. The van der Waals surface area contributed by atoms with Crippen molar-refractivity contribution in [1.29, 1.82) is 0 Å². The number of carbonyl (C=O) groups excluding carboxylic acids is 3. The van der Waals surface area contributed by atoms with E-state index in [1.165, 1.54) is 30.3 Å². The smallest absolute Gasteiger partial charge is 0.335 e. The number of phenols is 1. The lowest BCUT2D eigenvalue weighted by molar-refractivity contribution is -0.122. The molecule has 2 N–H and O–H groups in total. The molecule has 4 rings (SSSR count). The molecule has 0 unspecified atom stereocenters. The number of anilines is 1. The summed E-state index contributed by atoms with van der Waals surface area (Å²) in [4.78, 5) is 38.2. The van der Waals surface area contributed by atoms with Gasteiger partial charge in [-0.15, -0.1) is 0 Å². The highest BCUT2D eigenvalue weighted by Gasteiger charge is 2.37. The van der Waals surface area contributed by atoms with E-state index in [2.05, 4.69) is 5.32 Å². The number of amides is 4. The highest BCUT2D eigenvalue weighted by atomic mass is 16.5. The van der Waals surface area contributed by atoms with Gasteiger partial charge in [0.2, 0.25) is 0 Å². The summed E-state index contributed by atoms with van der Waals surface area (Å²) in [6.45, 7) is 3.98. The Hall–Kier alpha value is -3.61. The summed E-state index contributed by atoms with van der Waals surface area (Å²) >= 11 is 0. The van der Waals surface area contributed by atoms with E-state index in [1.54, 1.807) is 6.07 Å². The standard InChI is InChI=1S/C21H18N2O5/c1-21(2)11-13-9-12(3-8-17(13)28-21)10-16-18(25)22-20(27)23(19(16)26)14-4-6-15(24)7-5-14/h3-10,24H,11H2,1-2H3,(H,22,25,27)/b16-10-. The van der Waals surface area contributed by atoms with E-state index in [4.69, 9.17) is 4.74 Å². The number of benzene rings is 2. The largest absolute Gasteiger partial charge is 0.508 e. The summed E-state index contributed by atoms with van der Waals surface area (Å²) in [5.41, 5.74) is 1.47. The number of hydrogen-bond acceptors (Lipinski definition) is 5. The quantitative estimate of drug-likeness (QED) is 0.619. The number of phenolic OH excluding ortho intramolecular Hbond substituents is 1. The van der Waals surface area contributed by atoms with Gasteiger partial charge < -0.3 is 9.84 Å². The van der Waals surface area contributed by atoms with Gasteiger partial charge in [0, 0.05) is 6.42 Å². The molecule has 2 aromatic carbocycles. The molecule has 0 saturated carbocycles. The highest BCUT2D eigenvalue weighted by molar-refractivity contribution is 6.39. The zero-order valence-corrected chi connectivity index (χ0v) is 15.4. The summed E-state index contributed by atoms with van der Waals surface area (Å²) in [7, 11) is 0. The molecule has 28 heavy (non-hydrogen) atoms. The molecule has 2 aliphatic heterocycles. The van der Waals surface area contributed by atoms with E-state index in [1.807, 2.05) is 26.0 Å². The molecule has 0 atom stereocenters. The Kier molecular flexibility index (Phi) is 3.96. The maximum absolute atomic E-state index is 12.9. The molecule has 142 valence electrons. The molecule has 0 radical (unpaired) electrons. The number of imide groups is 2. The third-order valence-electron chi connectivity index (χ3n) is 4.61. The fourth-order valence-electron chi connectivity index (χ4n) is 3.38. The van der Waals surface area contributed by atoms with Crippen LogP contribution in [0.3, 0.4) is 0 Å². The molecule has 0 aliphatic carbocycles. The first-order chi connectivity index (χ1) is 13.2. The Morgan fingerprint density at radius 2 is 1.82 bits per heavy atom. The van der Waals surface area contributed by atoms with Crippen molar-refractivity contribution in [1.82, 2.24) is 5.32 Å². The topological polar surface area (TPSA) is 95.9 Å². The van der Waals surface area contributed by atoms with E-state index in [0.717, 1.165) is 22.6 Å². The van der Waals surface area contributed by atoms with Crippen molar-refractivity contribution in [2.24, 2.45) is 0 Å². The molecule has 2 aromatic rings. The molecule has 1 fully saturated rings. The van der Waals surface area contributed by atoms with Gasteiger partial charge in [-0.3, -0.25) is 14.9 Å². The average molecular weight is 378 g/mol. The zero-order valence-electron chi connectivity index (χ0n) is 15.4. The lowest BCUT2D eigenvalue weighted by Gasteiger charge is -2.26. The fraction of sp³-hybridized carbons (Fsp3) is 0.190. The van der Waals surface area contributed by atoms with Crippen LogP contribution in [0.2, 0.25) is 0 Å². The number of aromatic hydroxyl groups is 1. The van der Waals surface area contributed by atoms with Gasteiger partial charge in [0.15, 0.2) is 0 Å². The molecule has 2 aliphatic rings. The maximum Gasteiger partial charge on any atom is 0.335 e. The van der Waals surface area contributed by atoms with Crippen LogP contribution in [0.25, 0.3) is 6.08 Å². The van der Waals surface area contributed by atoms with Gasteiger partial charge in [-0.1, -0.05) is 6.07 Å². The van der Waals surface area contributed by atoms with Crippen molar-refractivity contribution in [3.05, 3.63) is 59.2 Å². The Bertz CT molecular complexity index is 1040. The second-order valence-corrected chi connectivity index (χ2v) is 7.38. The molecule has 4 amide bonds. The number of hydrogen-bond donors (Lipinski definition) is 2. The number of urea groups is 1. The second kappa shape index (κ2) is 6.23. The summed E-state index contributed by atoms with van der Waals surface area (Å²) in [5, 5.41) is 11.6. The Morgan fingerprint density at radius 1 is 1.11 bits per heavy atom. The van der Waals surface area contributed by atoms with Crippen LogP contribution in [-0.2, 0) is 16.0 Å². The monoisotopic (exact) mass is 378 g/mol. The minimum atomic E-state index is -0.832. The van der Waals surface area contributed by atoms with Gasteiger partial charge in [0.1, 0.15) is 22.7 Å². The van der Waals surface area contributed by atoms with Crippen LogP contribution in [0.5, 0.6) is 11.5 Å². The Labute approximate surface area is 161 Å². The van der Waals surface area contributed by atoms with Crippen LogP contribution in [-0.4, -0.2) is 28.6 Å². The second-order valence-electron chi connectivity index (χ2n) is 7.38. The van der Waals surface area contributed by atoms with Crippen molar-refractivity contribution in [3.63, 3.8) is 0 Å². The molecule has 2 heterocycles. The maximum atomic E-state index is 12.9. The molecule has 1 saturated heterocycles. The van der Waals surface area contributed by atoms with E-state index >= 15 is 0 Å². The lowest BCUT2D eigenvalue weighted by atomic mass is 9.99. The van der Waals surface area contributed by atoms with Gasteiger partial charge in [-0.2, -0.15) is 0 Å². The van der Waals surface area contributed by atoms with E-state index in [-0.39, 0.29) is 22.6 Å². The number of ether oxygens (including phenoxy) is 1. The van der Waals surface area contributed by atoms with Crippen LogP contribution in [0.4, 0.5) is 10.5 Å². The lowest BCUT2D eigenvalue weighted by Crippen LogP contribution is -2.54. The molecular formula is C21H18N2O5. The minimum Gasteiger partial charge on any atom is -0.508 e. The van der Waals surface area contributed by atoms with Gasteiger partial charge in [-0.25, -0.2) is 9.69 Å². The van der Waals surface area contributed by atoms with Crippen molar-refractivity contribution in [3.8, 4) is 11.5 Å². The van der Waals surface area contributed by atoms with Gasteiger partial charge >= 0.3 is 6.03 Å². The van der Waals surface area contributed by atoms with E-state index in [9.17, 15) is 19.5 Å². The number of nitrogens with zero attached hydrogens (tertiary/aromatic N) is 1. The molecule has 7 heteroatoms. The van der Waals surface area contributed by atoms with Crippen LogP contribution in [0.1, 0.15) is 25.0 Å². The molecule has 0 spiro atoms. The number of barbiturate groups is 1. The van der Waals surface area contributed by atoms with Crippen LogP contribution in [0.15, 0.2) is 48.0 Å². The number of fused-ring (bicyclic) bond motifs is 1. The Balaban J connectivity index is 1.69. The summed E-state index contributed by atoms with van der Waals surface area (Å²) in [6, 6.07) is 10.2. The van der Waals surface area contributed by atoms with Crippen LogP contribution >= 0.6 is 0 Å².